The van der Waals surface area contributed by atoms with E-state index < -0.39 is 11.8 Å². The number of hydrogen-bond donors (Lipinski definition) is 1. The second-order valence-electron chi connectivity index (χ2n) is 4.06. The van der Waals surface area contributed by atoms with E-state index >= 15 is 0 Å². The third kappa shape index (κ3) is 3.30. The summed E-state index contributed by atoms with van der Waals surface area (Å²) < 4.78 is 18.5. The maximum atomic E-state index is 13.3. The normalized spacial score (nSPS) is 10.3. The predicted octanol–water partition coefficient (Wildman–Crippen LogP) is 3.82. The van der Waals surface area contributed by atoms with Crippen molar-refractivity contribution in [1.82, 2.24) is 0 Å². The van der Waals surface area contributed by atoms with Gasteiger partial charge in [0.25, 0.3) is 0 Å². The standard InChI is InChI=1S/C15H13FO3S/c1-19-13-4-2-3-5-14(13)20-9-10-6-7-12(16)11(8-10)15(17)18/h2-8H,9H2,1H3,(H,17,18). The second kappa shape index (κ2) is 6.43. The number of para-hydroxylation sites is 1. The maximum absolute atomic E-state index is 13.3. The van der Waals surface area contributed by atoms with Gasteiger partial charge in [0.1, 0.15) is 11.6 Å². The Morgan fingerprint density at radius 3 is 2.75 bits per heavy atom. The molecule has 0 saturated carbocycles. The van der Waals surface area contributed by atoms with E-state index in [1.165, 1.54) is 23.9 Å². The van der Waals surface area contributed by atoms with Gasteiger partial charge < -0.3 is 9.84 Å². The summed E-state index contributed by atoms with van der Waals surface area (Å²) in [7, 11) is 1.60. The van der Waals surface area contributed by atoms with Gasteiger partial charge in [-0.15, -0.1) is 11.8 Å². The van der Waals surface area contributed by atoms with E-state index in [9.17, 15) is 9.18 Å². The molecule has 0 heterocycles. The average molecular weight is 292 g/mol. The number of aromatic carboxylic acids is 1. The number of carboxylic acids is 1. The lowest BCUT2D eigenvalue weighted by molar-refractivity contribution is 0.0692. The number of thioether (sulfide) groups is 1. The quantitative estimate of drug-likeness (QED) is 0.851. The number of halogens is 1. The number of rotatable bonds is 5. The van der Waals surface area contributed by atoms with Gasteiger partial charge in [0, 0.05) is 10.6 Å². The molecule has 0 aliphatic carbocycles. The minimum absolute atomic E-state index is 0.303. The minimum atomic E-state index is -1.26. The third-order valence-electron chi connectivity index (χ3n) is 2.72. The highest BCUT2D eigenvalue weighted by Gasteiger charge is 2.11. The molecule has 2 aromatic rings. The van der Waals surface area contributed by atoms with Crippen LogP contribution in [0.4, 0.5) is 4.39 Å². The molecule has 5 heteroatoms. The molecule has 2 aromatic carbocycles. The Morgan fingerprint density at radius 2 is 2.05 bits per heavy atom. The molecule has 1 N–H and O–H groups in total. The van der Waals surface area contributed by atoms with Gasteiger partial charge in [0.2, 0.25) is 0 Å². The Kier molecular flexibility index (Phi) is 4.63. The summed E-state index contributed by atoms with van der Waals surface area (Å²) >= 11 is 1.51. The van der Waals surface area contributed by atoms with Crippen molar-refractivity contribution in [1.29, 1.82) is 0 Å². The first-order valence-electron chi connectivity index (χ1n) is 5.89. The van der Waals surface area contributed by atoms with Crippen LogP contribution in [0.1, 0.15) is 15.9 Å². The number of carboxylic acid groups (broad SMARTS) is 1. The predicted molar refractivity (Wildman–Crippen MR) is 75.9 cm³/mol. The Morgan fingerprint density at radius 1 is 1.30 bits per heavy atom. The molecule has 0 aromatic heterocycles. The van der Waals surface area contributed by atoms with Gasteiger partial charge in [-0.25, -0.2) is 9.18 Å². The van der Waals surface area contributed by atoms with Gasteiger partial charge in [-0.2, -0.15) is 0 Å². The van der Waals surface area contributed by atoms with Crippen LogP contribution in [-0.4, -0.2) is 18.2 Å². The maximum Gasteiger partial charge on any atom is 0.338 e. The van der Waals surface area contributed by atoms with Gasteiger partial charge in [-0.3, -0.25) is 0 Å². The number of carbonyl (C=O) groups is 1. The first-order valence-corrected chi connectivity index (χ1v) is 6.88. The van der Waals surface area contributed by atoms with Gasteiger partial charge in [-0.05, 0) is 29.8 Å². The number of benzene rings is 2. The van der Waals surface area contributed by atoms with Crippen molar-refractivity contribution in [3.63, 3.8) is 0 Å². The van der Waals surface area contributed by atoms with Gasteiger partial charge in [0.15, 0.2) is 0 Å². The Hall–Kier alpha value is -2.01. The van der Waals surface area contributed by atoms with Crippen molar-refractivity contribution in [3.05, 3.63) is 59.4 Å². The van der Waals surface area contributed by atoms with Crippen molar-refractivity contribution in [3.8, 4) is 5.75 Å². The monoisotopic (exact) mass is 292 g/mol. The van der Waals surface area contributed by atoms with Crippen LogP contribution in [0.5, 0.6) is 5.75 Å². The molecule has 0 fully saturated rings. The number of ether oxygens (including phenoxy) is 1. The van der Waals surface area contributed by atoms with E-state index in [2.05, 4.69) is 0 Å². The van der Waals surface area contributed by atoms with Gasteiger partial charge in [-0.1, -0.05) is 18.2 Å². The van der Waals surface area contributed by atoms with E-state index in [0.717, 1.165) is 16.2 Å². The average Bonchev–Trinajstić information content (AvgIpc) is 2.46. The summed E-state index contributed by atoms with van der Waals surface area (Å²) in [5.74, 6) is -0.672. The fourth-order valence-electron chi connectivity index (χ4n) is 1.73. The Labute approximate surface area is 120 Å². The molecule has 0 radical (unpaired) electrons. The van der Waals surface area contributed by atoms with Crippen LogP contribution in [0, 0.1) is 5.82 Å². The van der Waals surface area contributed by atoms with E-state index in [1.54, 1.807) is 13.2 Å². The molecule has 20 heavy (non-hydrogen) atoms. The Balaban J connectivity index is 2.15. The molecule has 0 unspecified atom stereocenters. The SMILES string of the molecule is COc1ccccc1SCc1ccc(F)c(C(=O)O)c1. The van der Waals surface area contributed by atoms with Crippen molar-refractivity contribution in [2.24, 2.45) is 0 Å². The van der Waals surface area contributed by atoms with Gasteiger partial charge in [0.05, 0.1) is 12.7 Å². The molecule has 2 rings (SSSR count). The summed E-state index contributed by atoms with van der Waals surface area (Å²) in [5.41, 5.74) is 0.447. The largest absolute Gasteiger partial charge is 0.496 e. The van der Waals surface area contributed by atoms with Crippen LogP contribution in [0.25, 0.3) is 0 Å². The molecule has 0 bridgehead atoms. The van der Waals surface area contributed by atoms with E-state index in [-0.39, 0.29) is 5.56 Å². The zero-order valence-electron chi connectivity index (χ0n) is 10.8. The lowest BCUT2D eigenvalue weighted by Crippen LogP contribution is -2.01. The molecular weight excluding hydrogens is 279 g/mol. The fraction of sp³-hybridized carbons (Fsp3) is 0.133. The van der Waals surface area contributed by atoms with Crippen LogP contribution < -0.4 is 4.74 Å². The molecular formula is C15H13FO3S. The Bertz CT molecular complexity index is 628. The van der Waals surface area contributed by atoms with E-state index in [1.807, 2.05) is 24.3 Å². The summed E-state index contributed by atoms with van der Waals surface area (Å²) in [6.07, 6.45) is 0. The van der Waals surface area contributed by atoms with E-state index in [4.69, 9.17) is 9.84 Å². The minimum Gasteiger partial charge on any atom is -0.496 e. The molecule has 0 spiro atoms. The summed E-state index contributed by atoms with van der Waals surface area (Å²) in [5, 5.41) is 8.89. The first-order chi connectivity index (χ1) is 9.61. The van der Waals surface area contributed by atoms with E-state index in [0.29, 0.717) is 5.75 Å². The molecule has 3 nitrogen and oxygen atoms in total. The van der Waals surface area contributed by atoms with Crippen LogP contribution in [-0.2, 0) is 5.75 Å². The summed E-state index contributed by atoms with van der Waals surface area (Å²) in [4.78, 5) is 11.8. The van der Waals surface area contributed by atoms with Gasteiger partial charge >= 0.3 is 5.97 Å². The van der Waals surface area contributed by atoms with Crippen molar-refractivity contribution in [2.45, 2.75) is 10.6 Å². The zero-order valence-corrected chi connectivity index (χ0v) is 11.6. The molecule has 0 aliphatic rings. The van der Waals surface area contributed by atoms with Crippen LogP contribution in [0.15, 0.2) is 47.4 Å². The smallest absolute Gasteiger partial charge is 0.338 e. The van der Waals surface area contributed by atoms with Crippen LogP contribution in [0.3, 0.4) is 0 Å². The lowest BCUT2D eigenvalue weighted by Gasteiger charge is -2.08. The number of hydrogen-bond acceptors (Lipinski definition) is 3. The topological polar surface area (TPSA) is 46.5 Å². The van der Waals surface area contributed by atoms with Crippen LogP contribution in [0.2, 0.25) is 0 Å². The third-order valence-corrected chi connectivity index (χ3v) is 3.85. The summed E-state index contributed by atoms with van der Waals surface area (Å²) in [6, 6.07) is 11.7. The highest BCUT2D eigenvalue weighted by Crippen LogP contribution is 2.31. The molecule has 0 amide bonds. The van der Waals surface area contributed by atoms with Crippen molar-refractivity contribution >= 4 is 17.7 Å². The molecule has 0 saturated heterocycles. The molecule has 0 aliphatic heterocycles. The summed E-state index contributed by atoms with van der Waals surface area (Å²) in [6.45, 7) is 0. The highest BCUT2D eigenvalue weighted by molar-refractivity contribution is 7.98. The van der Waals surface area contributed by atoms with Crippen molar-refractivity contribution in [2.75, 3.05) is 7.11 Å². The molecule has 104 valence electrons. The van der Waals surface area contributed by atoms with Crippen LogP contribution >= 0.6 is 11.8 Å². The highest BCUT2D eigenvalue weighted by atomic mass is 32.2. The van der Waals surface area contributed by atoms with Crippen molar-refractivity contribution < 1.29 is 19.0 Å². The lowest BCUT2D eigenvalue weighted by atomic mass is 10.1. The zero-order chi connectivity index (χ0) is 14.5. The molecule has 0 atom stereocenters. The fourth-order valence-corrected chi connectivity index (χ4v) is 2.70. The first kappa shape index (κ1) is 14.4. The second-order valence-corrected chi connectivity index (χ2v) is 5.08. The number of methoxy groups -OCH3 is 1.